The van der Waals surface area contributed by atoms with E-state index in [2.05, 4.69) is 20.9 Å². The lowest BCUT2D eigenvalue weighted by Gasteiger charge is -2.18. The van der Waals surface area contributed by atoms with E-state index >= 15 is 0 Å². The number of nitrogens with zero attached hydrogens (tertiary/aromatic N) is 1. The lowest BCUT2D eigenvalue weighted by molar-refractivity contribution is 0.0953. The summed E-state index contributed by atoms with van der Waals surface area (Å²) in [6.45, 7) is 1.93. The Morgan fingerprint density at radius 3 is 2.22 bits per heavy atom. The first kappa shape index (κ1) is 20.5. The van der Waals surface area contributed by atoms with Crippen molar-refractivity contribution in [2.24, 2.45) is 4.99 Å². The fourth-order valence-corrected chi connectivity index (χ4v) is 2.64. The summed E-state index contributed by atoms with van der Waals surface area (Å²) >= 11 is 0. The van der Waals surface area contributed by atoms with Crippen molar-refractivity contribution in [1.82, 2.24) is 16.0 Å². The number of rotatable bonds is 9. The van der Waals surface area contributed by atoms with E-state index in [-0.39, 0.29) is 18.4 Å². The molecule has 0 bridgehead atoms. The normalized spacial score (nSPS) is 12.3. The first-order valence-corrected chi connectivity index (χ1v) is 9.18. The number of hydrogen-bond donors (Lipinski definition) is 4. The molecule has 4 N–H and O–H groups in total. The molecule has 27 heavy (non-hydrogen) atoms. The standard InChI is InChI=1S/C21H28N4O2/c1-22-21(25-15-19(16-26)17-9-4-2-5-10-17)24-14-8-13-23-20(27)18-11-6-3-7-12-18/h2-7,9-12,19,26H,8,13-16H2,1H3,(H,23,27)(H2,22,24,25). The average molecular weight is 368 g/mol. The first-order chi connectivity index (χ1) is 13.2. The molecule has 0 spiro atoms. The Morgan fingerprint density at radius 2 is 1.59 bits per heavy atom. The minimum absolute atomic E-state index is 0.00918. The Bertz CT molecular complexity index is 705. The van der Waals surface area contributed by atoms with Crippen LogP contribution in [0, 0.1) is 0 Å². The van der Waals surface area contributed by atoms with Gasteiger partial charge in [0.2, 0.25) is 0 Å². The average Bonchev–Trinajstić information content (AvgIpc) is 2.73. The van der Waals surface area contributed by atoms with E-state index in [4.69, 9.17) is 0 Å². The molecule has 0 saturated carbocycles. The topological polar surface area (TPSA) is 85.8 Å². The number of carbonyl (C=O) groups is 1. The molecule has 0 aliphatic carbocycles. The van der Waals surface area contributed by atoms with Crippen molar-refractivity contribution in [2.75, 3.05) is 33.3 Å². The second kappa shape index (κ2) is 11.7. The highest BCUT2D eigenvalue weighted by Crippen LogP contribution is 2.13. The van der Waals surface area contributed by atoms with Crippen LogP contribution in [0.4, 0.5) is 0 Å². The van der Waals surface area contributed by atoms with Crippen molar-refractivity contribution in [3.63, 3.8) is 0 Å². The summed E-state index contributed by atoms with van der Waals surface area (Å²) in [5.41, 5.74) is 1.76. The minimum atomic E-state index is -0.0632. The lowest BCUT2D eigenvalue weighted by atomic mass is 10.0. The molecule has 0 fully saturated rings. The molecule has 144 valence electrons. The minimum Gasteiger partial charge on any atom is -0.396 e. The molecule has 2 aromatic rings. The third-order valence-corrected chi connectivity index (χ3v) is 4.20. The molecule has 1 amide bonds. The lowest BCUT2D eigenvalue weighted by Crippen LogP contribution is -2.41. The molecule has 6 heteroatoms. The SMILES string of the molecule is CN=C(NCCCNC(=O)c1ccccc1)NCC(CO)c1ccccc1. The van der Waals surface area contributed by atoms with Crippen molar-refractivity contribution < 1.29 is 9.90 Å². The van der Waals surface area contributed by atoms with Crippen LogP contribution in [0.2, 0.25) is 0 Å². The van der Waals surface area contributed by atoms with E-state index in [1.54, 1.807) is 19.2 Å². The number of benzene rings is 2. The van der Waals surface area contributed by atoms with Crippen LogP contribution in [-0.2, 0) is 0 Å². The summed E-state index contributed by atoms with van der Waals surface area (Å²) < 4.78 is 0. The van der Waals surface area contributed by atoms with Gasteiger partial charge in [-0.2, -0.15) is 0 Å². The maximum atomic E-state index is 12.0. The third-order valence-electron chi connectivity index (χ3n) is 4.20. The van der Waals surface area contributed by atoms with Gasteiger partial charge in [-0.05, 0) is 24.1 Å². The van der Waals surface area contributed by atoms with Crippen molar-refractivity contribution >= 4 is 11.9 Å². The van der Waals surface area contributed by atoms with Crippen molar-refractivity contribution in [3.8, 4) is 0 Å². The quantitative estimate of drug-likeness (QED) is 0.309. The maximum Gasteiger partial charge on any atom is 0.251 e. The molecule has 0 aliphatic heterocycles. The monoisotopic (exact) mass is 368 g/mol. The molecule has 1 atom stereocenters. The second-order valence-corrected chi connectivity index (χ2v) is 6.15. The Hall–Kier alpha value is -2.86. The summed E-state index contributed by atoms with van der Waals surface area (Å²) in [5.74, 6) is 0.625. The van der Waals surface area contributed by atoms with Gasteiger partial charge in [0.05, 0.1) is 6.61 Å². The maximum absolute atomic E-state index is 12.0. The predicted molar refractivity (Wildman–Crippen MR) is 109 cm³/mol. The number of aliphatic hydroxyl groups excluding tert-OH is 1. The van der Waals surface area contributed by atoms with Gasteiger partial charge in [-0.1, -0.05) is 48.5 Å². The predicted octanol–water partition coefficient (Wildman–Crippen LogP) is 1.75. The van der Waals surface area contributed by atoms with Crippen molar-refractivity contribution in [3.05, 3.63) is 71.8 Å². The van der Waals surface area contributed by atoms with Gasteiger partial charge in [0.1, 0.15) is 0 Å². The molecule has 6 nitrogen and oxygen atoms in total. The number of nitrogens with one attached hydrogen (secondary N) is 3. The van der Waals surface area contributed by atoms with Crippen LogP contribution in [0.5, 0.6) is 0 Å². The van der Waals surface area contributed by atoms with Crippen molar-refractivity contribution in [1.29, 1.82) is 0 Å². The number of guanidine groups is 1. The van der Waals surface area contributed by atoms with E-state index < -0.39 is 0 Å². The van der Waals surface area contributed by atoms with Crippen LogP contribution >= 0.6 is 0 Å². The molecule has 2 aromatic carbocycles. The highest BCUT2D eigenvalue weighted by atomic mass is 16.3. The van der Waals surface area contributed by atoms with E-state index in [1.807, 2.05) is 48.5 Å². The molecule has 1 unspecified atom stereocenters. The number of aliphatic imine (C=N–C) groups is 1. The molecule has 0 aromatic heterocycles. The number of amides is 1. The van der Waals surface area contributed by atoms with Crippen LogP contribution in [0.1, 0.15) is 28.3 Å². The number of aliphatic hydroxyl groups is 1. The van der Waals surface area contributed by atoms with E-state index in [0.717, 1.165) is 12.0 Å². The van der Waals surface area contributed by atoms with Gasteiger partial charge in [0.25, 0.3) is 5.91 Å². The van der Waals surface area contributed by atoms with E-state index in [1.165, 1.54) is 0 Å². The van der Waals surface area contributed by atoms with Crippen LogP contribution < -0.4 is 16.0 Å². The molecule has 0 aliphatic rings. The van der Waals surface area contributed by atoms with Crippen molar-refractivity contribution in [2.45, 2.75) is 12.3 Å². The zero-order chi connectivity index (χ0) is 19.3. The molecular formula is C21H28N4O2. The molecule has 0 heterocycles. The smallest absolute Gasteiger partial charge is 0.251 e. The summed E-state index contributed by atoms with van der Waals surface area (Å²) in [6, 6.07) is 19.1. The van der Waals surface area contributed by atoms with Gasteiger partial charge in [-0.3, -0.25) is 9.79 Å². The summed E-state index contributed by atoms with van der Waals surface area (Å²) in [5, 5.41) is 19.0. The highest BCUT2D eigenvalue weighted by Gasteiger charge is 2.10. The Morgan fingerprint density at radius 1 is 0.963 bits per heavy atom. The molecular weight excluding hydrogens is 340 g/mol. The van der Waals surface area contributed by atoms with Crippen LogP contribution in [0.15, 0.2) is 65.7 Å². The van der Waals surface area contributed by atoms with E-state index in [9.17, 15) is 9.90 Å². The molecule has 2 rings (SSSR count). The highest BCUT2D eigenvalue weighted by molar-refractivity contribution is 5.94. The molecule has 0 saturated heterocycles. The number of hydrogen-bond acceptors (Lipinski definition) is 3. The Labute approximate surface area is 160 Å². The zero-order valence-electron chi connectivity index (χ0n) is 15.7. The Kier molecular flexibility index (Phi) is 8.86. The molecule has 0 radical (unpaired) electrons. The first-order valence-electron chi connectivity index (χ1n) is 9.18. The zero-order valence-corrected chi connectivity index (χ0v) is 15.7. The van der Waals surface area contributed by atoms with Gasteiger partial charge >= 0.3 is 0 Å². The Balaban J connectivity index is 1.66. The largest absolute Gasteiger partial charge is 0.396 e. The fraction of sp³-hybridized carbons (Fsp3) is 0.333. The van der Waals surface area contributed by atoms with Gasteiger partial charge in [-0.25, -0.2) is 0 Å². The van der Waals surface area contributed by atoms with Gasteiger partial charge in [-0.15, -0.1) is 0 Å². The van der Waals surface area contributed by atoms with Gasteiger partial charge in [0.15, 0.2) is 5.96 Å². The van der Waals surface area contributed by atoms with E-state index in [0.29, 0.717) is 31.2 Å². The summed E-state index contributed by atoms with van der Waals surface area (Å²) in [7, 11) is 1.71. The summed E-state index contributed by atoms with van der Waals surface area (Å²) in [4.78, 5) is 16.1. The number of carbonyl (C=O) groups excluding carboxylic acids is 1. The van der Waals surface area contributed by atoms with Gasteiger partial charge in [0, 0.05) is 38.2 Å². The van der Waals surface area contributed by atoms with Crippen LogP contribution in [-0.4, -0.2) is 50.3 Å². The van der Waals surface area contributed by atoms with Crippen LogP contribution in [0.3, 0.4) is 0 Å². The third kappa shape index (κ3) is 7.11. The summed E-state index contributed by atoms with van der Waals surface area (Å²) in [6.07, 6.45) is 0.779. The second-order valence-electron chi connectivity index (χ2n) is 6.15. The van der Waals surface area contributed by atoms with Crippen LogP contribution in [0.25, 0.3) is 0 Å². The van der Waals surface area contributed by atoms with Gasteiger partial charge < -0.3 is 21.1 Å². The fourth-order valence-electron chi connectivity index (χ4n) is 2.64.